The molecule has 0 saturated carbocycles. The zero-order valence-electron chi connectivity index (χ0n) is 18.3. The molecule has 32 heavy (non-hydrogen) atoms. The lowest BCUT2D eigenvalue weighted by Crippen LogP contribution is -2.52. The number of hydrogen-bond donors (Lipinski definition) is 3. The number of alkyl halides is 1. The Morgan fingerprint density at radius 3 is 2.31 bits per heavy atom. The highest BCUT2D eigenvalue weighted by atomic mass is 19.1. The third-order valence-electron chi connectivity index (χ3n) is 5.08. The monoisotopic (exact) mass is 444 g/mol. The number of Topliss-reactive ketones (excluding diaryl/α,β-unsaturated/α-hetero) is 1. The largest absolute Gasteiger partial charge is 0.481 e. The van der Waals surface area contributed by atoms with E-state index in [2.05, 4.69) is 10.6 Å². The van der Waals surface area contributed by atoms with Crippen LogP contribution in [0.4, 0.5) is 4.39 Å². The van der Waals surface area contributed by atoms with E-state index >= 15 is 0 Å². The van der Waals surface area contributed by atoms with Crippen LogP contribution in [0.5, 0.6) is 0 Å². The van der Waals surface area contributed by atoms with Crippen LogP contribution in [0.1, 0.15) is 38.7 Å². The van der Waals surface area contributed by atoms with Crippen molar-refractivity contribution in [2.24, 2.45) is 5.92 Å². The van der Waals surface area contributed by atoms with E-state index in [1.54, 1.807) is 0 Å². The van der Waals surface area contributed by atoms with Gasteiger partial charge in [0.1, 0.15) is 18.8 Å². The highest BCUT2D eigenvalue weighted by molar-refractivity contribution is 5.95. The Balaban J connectivity index is 2.05. The van der Waals surface area contributed by atoms with Crippen LogP contribution in [0.3, 0.4) is 0 Å². The number of aliphatic carboxylic acids is 1. The van der Waals surface area contributed by atoms with Gasteiger partial charge in [-0.1, -0.05) is 56.3 Å². The first-order valence-electron chi connectivity index (χ1n) is 10.6. The smallest absolute Gasteiger partial charge is 0.305 e. The van der Waals surface area contributed by atoms with Crippen LogP contribution in [0.2, 0.25) is 0 Å². The molecule has 172 valence electrons. The number of hydrogen-bond acceptors (Lipinski definition) is 4. The van der Waals surface area contributed by atoms with Crippen LogP contribution in [-0.2, 0) is 25.6 Å². The molecule has 0 radical (unpaired) electrons. The second-order valence-electron chi connectivity index (χ2n) is 8.15. The van der Waals surface area contributed by atoms with E-state index in [1.807, 2.05) is 56.3 Å². The fourth-order valence-electron chi connectivity index (χ4n) is 3.51. The lowest BCUT2D eigenvalue weighted by atomic mass is 9.99. The Labute approximate surface area is 186 Å². The Kier molecular flexibility index (Phi) is 9.31. The standard InChI is InChI=1S/C24H29FN2O5/c1-15(2)12-20(24(32)27-19(13-23(30)31)21(28)14-25)26-22(29)11-10-17-8-5-7-16-6-3-4-9-18(16)17/h3-9,15,19-20H,10-14H2,1-2H3,(H,26,29)(H,27,32)(H,30,31)/t19?,20-/m0/s1. The van der Waals surface area contributed by atoms with Crippen LogP contribution in [0.25, 0.3) is 10.8 Å². The summed E-state index contributed by atoms with van der Waals surface area (Å²) in [5.41, 5.74) is 1.01. The fraction of sp³-hybridized carbons (Fsp3) is 0.417. The normalized spacial score (nSPS) is 12.9. The molecule has 2 amide bonds. The molecule has 8 heteroatoms. The van der Waals surface area contributed by atoms with E-state index in [-0.39, 0.29) is 24.7 Å². The third-order valence-corrected chi connectivity index (χ3v) is 5.08. The molecule has 0 heterocycles. The van der Waals surface area contributed by atoms with Gasteiger partial charge >= 0.3 is 5.97 Å². The number of nitrogens with one attached hydrogen (secondary N) is 2. The van der Waals surface area contributed by atoms with Gasteiger partial charge in [0.15, 0.2) is 5.78 Å². The molecule has 2 atom stereocenters. The molecule has 3 N–H and O–H groups in total. The van der Waals surface area contributed by atoms with Crippen molar-refractivity contribution in [2.75, 3.05) is 6.67 Å². The van der Waals surface area contributed by atoms with Gasteiger partial charge in [-0.25, -0.2) is 4.39 Å². The Morgan fingerprint density at radius 2 is 1.66 bits per heavy atom. The van der Waals surface area contributed by atoms with Crippen LogP contribution in [0.15, 0.2) is 42.5 Å². The maximum Gasteiger partial charge on any atom is 0.305 e. The summed E-state index contributed by atoms with van der Waals surface area (Å²) >= 11 is 0. The molecule has 2 aromatic rings. The topological polar surface area (TPSA) is 113 Å². The summed E-state index contributed by atoms with van der Waals surface area (Å²) < 4.78 is 12.8. The molecule has 0 saturated heterocycles. The predicted octanol–water partition coefficient (Wildman–Crippen LogP) is 2.80. The van der Waals surface area contributed by atoms with Crippen LogP contribution in [-0.4, -0.2) is 47.4 Å². The van der Waals surface area contributed by atoms with Gasteiger partial charge in [-0.2, -0.15) is 0 Å². The van der Waals surface area contributed by atoms with Crippen LogP contribution < -0.4 is 10.6 Å². The summed E-state index contributed by atoms with van der Waals surface area (Å²) in [6, 6.07) is 11.3. The summed E-state index contributed by atoms with van der Waals surface area (Å²) in [5.74, 6) is -3.36. The first-order chi connectivity index (χ1) is 15.2. The van der Waals surface area contributed by atoms with Gasteiger partial charge in [-0.15, -0.1) is 0 Å². The third kappa shape index (κ3) is 7.44. The second-order valence-corrected chi connectivity index (χ2v) is 8.15. The predicted molar refractivity (Wildman–Crippen MR) is 119 cm³/mol. The van der Waals surface area contributed by atoms with Crippen molar-refractivity contribution in [2.45, 2.75) is 51.6 Å². The molecule has 0 aliphatic carbocycles. The van der Waals surface area contributed by atoms with Gasteiger partial charge in [0.2, 0.25) is 11.8 Å². The molecular formula is C24H29FN2O5. The number of aryl methyl sites for hydroxylation is 1. The number of carboxylic acid groups (broad SMARTS) is 1. The zero-order chi connectivity index (χ0) is 23.7. The molecule has 0 aliphatic rings. The van der Waals surface area contributed by atoms with E-state index in [4.69, 9.17) is 5.11 Å². The molecule has 0 aliphatic heterocycles. The summed E-state index contributed by atoms with van der Waals surface area (Å²) in [6.07, 6.45) is 0.191. The van der Waals surface area contributed by atoms with Crippen molar-refractivity contribution in [1.29, 1.82) is 0 Å². The van der Waals surface area contributed by atoms with Gasteiger partial charge in [0.25, 0.3) is 0 Å². The summed E-state index contributed by atoms with van der Waals surface area (Å²) in [4.78, 5) is 47.9. The number of carboxylic acids is 1. The quantitative estimate of drug-likeness (QED) is 0.466. The van der Waals surface area contributed by atoms with Crippen molar-refractivity contribution < 1.29 is 28.7 Å². The molecule has 2 aromatic carbocycles. The van der Waals surface area contributed by atoms with Crippen molar-refractivity contribution in [3.05, 3.63) is 48.0 Å². The number of halogens is 1. The van der Waals surface area contributed by atoms with Crippen molar-refractivity contribution in [1.82, 2.24) is 10.6 Å². The van der Waals surface area contributed by atoms with Gasteiger partial charge in [-0.05, 0) is 35.1 Å². The SMILES string of the molecule is CC(C)C[C@H](NC(=O)CCc1cccc2ccccc12)C(=O)NC(CC(=O)O)C(=O)CF. The Morgan fingerprint density at radius 1 is 0.969 bits per heavy atom. The molecule has 0 aromatic heterocycles. The van der Waals surface area contributed by atoms with Crippen molar-refractivity contribution in [3.63, 3.8) is 0 Å². The van der Waals surface area contributed by atoms with Crippen molar-refractivity contribution in [3.8, 4) is 0 Å². The minimum absolute atomic E-state index is 0.0407. The summed E-state index contributed by atoms with van der Waals surface area (Å²) in [5, 5.41) is 16.0. The first kappa shape index (κ1) is 25.0. The molecule has 1 unspecified atom stereocenters. The average molecular weight is 445 g/mol. The first-order valence-corrected chi connectivity index (χ1v) is 10.6. The maximum atomic E-state index is 12.8. The molecule has 7 nitrogen and oxygen atoms in total. The lowest BCUT2D eigenvalue weighted by Gasteiger charge is -2.23. The van der Waals surface area contributed by atoms with E-state index in [0.717, 1.165) is 16.3 Å². The van der Waals surface area contributed by atoms with Crippen LogP contribution in [0, 0.1) is 5.92 Å². The van der Waals surface area contributed by atoms with Crippen molar-refractivity contribution >= 4 is 34.3 Å². The minimum Gasteiger partial charge on any atom is -0.481 e. The zero-order valence-corrected chi connectivity index (χ0v) is 18.3. The number of benzene rings is 2. The van der Waals surface area contributed by atoms with E-state index < -0.39 is 42.8 Å². The molecule has 0 spiro atoms. The van der Waals surface area contributed by atoms with E-state index in [1.165, 1.54) is 0 Å². The summed E-state index contributed by atoms with van der Waals surface area (Å²) in [7, 11) is 0. The fourth-order valence-corrected chi connectivity index (χ4v) is 3.51. The number of carbonyl (C=O) groups excluding carboxylic acids is 3. The number of amides is 2. The van der Waals surface area contributed by atoms with Gasteiger partial charge < -0.3 is 15.7 Å². The Bertz CT molecular complexity index is 971. The van der Waals surface area contributed by atoms with Gasteiger partial charge in [0, 0.05) is 6.42 Å². The number of ketones is 1. The highest BCUT2D eigenvalue weighted by Crippen LogP contribution is 2.19. The molecular weight excluding hydrogens is 415 g/mol. The number of fused-ring (bicyclic) bond motifs is 1. The Hall–Kier alpha value is -3.29. The van der Waals surface area contributed by atoms with Crippen LogP contribution >= 0.6 is 0 Å². The van der Waals surface area contributed by atoms with Gasteiger partial charge in [-0.3, -0.25) is 19.2 Å². The molecule has 0 bridgehead atoms. The lowest BCUT2D eigenvalue weighted by molar-refractivity contribution is -0.140. The number of carbonyl (C=O) groups is 4. The molecule has 2 rings (SSSR count). The summed E-state index contributed by atoms with van der Waals surface area (Å²) in [6.45, 7) is 2.35. The minimum atomic E-state index is -1.48. The van der Waals surface area contributed by atoms with Gasteiger partial charge in [0.05, 0.1) is 6.42 Å². The highest BCUT2D eigenvalue weighted by Gasteiger charge is 2.28. The molecule has 0 fully saturated rings. The average Bonchev–Trinajstić information content (AvgIpc) is 2.75. The second kappa shape index (κ2) is 11.9. The number of rotatable bonds is 12. The van der Waals surface area contributed by atoms with E-state index in [9.17, 15) is 23.6 Å². The van der Waals surface area contributed by atoms with E-state index in [0.29, 0.717) is 6.42 Å². The maximum absolute atomic E-state index is 12.8.